The van der Waals surface area contributed by atoms with Crippen molar-refractivity contribution in [3.63, 3.8) is 0 Å². The lowest BCUT2D eigenvalue weighted by Gasteiger charge is -2.27. The van der Waals surface area contributed by atoms with Crippen molar-refractivity contribution in [3.05, 3.63) is 35.9 Å². The van der Waals surface area contributed by atoms with Gasteiger partial charge >= 0.3 is 12.0 Å². The van der Waals surface area contributed by atoms with Crippen LogP contribution in [0.1, 0.15) is 18.4 Å². The molecular formula is C17H23N3O4. The fourth-order valence-corrected chi connectivity index (χ4v) is 2.87. The molecule has 3 N–H and O–H groups in total. The zero-order valence-electron chi connectivity index (χ0n) is 13.7. The van der Waals surface area contributed by atoms with E-state index in [-0.39, 0.29) is 12.3 Å². The van der Waals surface area contributed by atoms with Crippen molar-refractivity contribution in [1.82, 2.24) is 9.80 Å². The number of hydrogen-bond donors (Lipinski definition) is 2. The summed E-state index contributed by atoms with van der Waals surface area (Å²) in [5.41, 5.74) is 6.89. The first kappa shape index (κ1) is 17.9. The molecule has 1 aliphatic rings. The maximum Gasteiger partial charge on any atom is 0.326 e. The van der Waals surface area contributed by atoms with Crippen LogP contribution in [0.2, 0.25) is 0 Å². The summed E-state index contributed by atoms with van der Waals surface area (Å²) in [6.45, 7) is 0.264. The number of rotatable bonds is 6. The summed E-state index contributed by atoms with van der Waals surface area (Å²) >= 11 is 0. The topological polar surface area (TPSA) is 104 Å². The van der Waals surface area contributed by atoms with Gasteiger partial charge in [-0.15, -0.1) is 0 Å². The molecule has 2 atom stereocenters. The largest absolute Gasteiger partial charge is 0.480 e. The van der Waals surface area contributed by atoms with E-state index in [0.717, 1.165) is 5.56 Å². The Hall–Kier alpha value is -2.41. The molecule has 2 amide bonds. The number of urea groups is 1. The van der Waals surface area contributed by atoms with E-state index in [1.165, 1.54) is 16.8 Å². The SMILES string of the molecule is CN(CC(=O)[C@@H](N)Cc1ccccc1)C(=O)N1CCC[C@H]1C(=O)O. The number of ketones is 1. The molecule has 1 fully saturated rings. The summed E-state index contributed by atoms with van der Waals surface area (Å²) in [5.74, 6) is -1.26. The van der Waals surface area contributed by atoms with E-state index < -0.39 is 24.1 Å². The Morgan fingerprint density at radius 1 is 1.33 bits per heavy atom. The fraction of sp³-hybridized carbons (Fsp3) is 0.471. The molecule has 1 aliphatic heterocycles. The van der Waals surface area contributed by atoms with Crippen LogP contribution in [0.4, 0.5) is 4.79 Å². The molecule has 1 saturated heterocycles. The van der Waals surface area contributed by atoms with Gasteiger partial charge in [-0.05, 0) is 24.8 Å². The Morgan fingerprint density at radius 2 is 2.00 bits per heavy atom. The highest BCUT2D eigenvalue weighted by Gasteiger charge is 2.35. The summed E-state index contributed by atoms with van der Waals surface area (Å²) in [7, 11) is 1.49. The lowest BCUT2D eigenvalue weighted by atomic mass is 10.0. The zero-order chi connectivity index (χ0) is 17.7. The van der Waals surface area contributed by atoms with Gasteiger partial charge in [0, 0.05) is 13.6 Å². The average Bonchev–Trinajstić information content (AvgIpc) is 3.04. The molecule has 0 aliphatic carbocycles. The van der Waals surface area contributed by atoms with Gasteiger partial charge < -0.3 is 20.6 Å². The number of aliphatic carboxylic acids is 1. The number of carbonyl (C=O) groups is 3. The zero-order valence-corrected chi connectivity index (χ0v) is 13.7. The second kappa shape index (κ2) is 7.92. The molecule has 1 heterocycles. The minimum Gasteiger partial charge on any atom is -0.480 e. The molecule has 0 unspecified atom stereocenters. The number of benzene rings is 1. The van der Waals surface area contributed by atoms with Crippen LogP contribution in [0.5, 0.6) is 0 Å². The number of carboxylic acid groups (broad SMARTS) is 1. The molecule has 0 aromatic heterocycles. The van der Waals surface area contributed by atoms with Gasteiger partial charge in [-0.2, -0.15) is 0 Å². The van der Waals surface area contributed by atoms with Crippen molar-refractivity contribution in [2.75, 3.05) is 20.1 Å². The third-order valence-electron chi connectivity index (χ3n) is 4.22. The van der Waals surface area contributed by atoms with Crippen molar-refractivity contribution in [2.24, 2.45) is 5.73 Å². The van der Waals surface area contributed by atoms with Gasteiger partial charge in [0.05, 0.1) is 12.6 Å². The van der Waals surface area contributed by atoms with E-state index in [1.54, 1.807) is 0 Å². The van der Waals surface area contributed by atoms with Crippen molar-refractivity contribution < 1.29 is 19.5 Å². The molecule has 0 radical (unpaired) electrons. The Balaban J connectivity index is 1.90. The average molecular weight is 333 g/mol. The van der Waals surface area contributed by atoms with Crippen LogP contribution in [0, 0.1) is 0 Å². The summed E-state index contributed by atoms with van der Waals surface area (Å²) < 4.78 is 0. The quantitative estimate of drug-likeness (QED) is 0.798. The predicted molar refractivity (Wildman–Crippen MR) is 88.5 cm³/mol. The first-order chi connectivity index (χ1) is 11.4. The number of amides is 2. The van der Waals surface area contributed by atoms with E-state index in [1.807, 2.05) is 30.3 Å². The second-order valence-corrected chi connectivity index (χ2v) is 6.09. The number of likely N-dealkylation sites (N-methyl/N-ethyl adjacent to an activating group) is 1. The molecule has 7 heteroatoms. The van der Waals surface area contributed by atoms with Crippen molar-refractivity contribution >= 4 is 17.8 Å². The minimum absolute atomic E-state index is 0.129. The number of Topliss-reactive ketones (excluding diaryl/α,β-unsaturated/α-hetero) is 1. The van der Waals surface area contributed by atoms with Gasteiger partial charge in [0.1, 0.15) is 6.04 Å². The van der Waals surface area contributed by atoms with Crippen LogP contribution in [0.3, 0.4) is 0 Å². The molecule has 0 saturated carbocycles. The van der Waals surface area contributed by atoms with E-state index in [2.05, 4.69) is 0 Å². The number of hydrogen-bond acceptors (Lipinski definition) is 4. The molecule has 130 valence electrons. The molecule has 1 aromatic rings. The highest BCUT2D eigenvalue weighted by molar-refractivity contribution is 5.90. The van der Waals surface area contributed by atoms with Gasteiger partial charge in [-0.1, -0.05) is 30.3 Å². The van der Waals surface area contributed by atoms with Gasteiger partial charge in [0.25, 0.3) is 0 Å². The summed E-state index contributed by atoms with van der Waals surface area (Å²) in [4.78, 5) is 38.3. The van der Waals surface area contributed by atoms with Gasteiger partial charge in [0.15, 0.2) is 5.78 Å². The monoisotopic (exact) mass is 333 g/mol. The molecule has 7 nitrogen and oxygen atoms in total. The maximum absolute atomic E-state index is 12.4. The third kappa shape index (κ3) is 4.32. The van der Waals surface area contributed by atoms with Crippen LogP contribution < -0.4 is 5.73 Å². The first-order valence-corrected chi connectivity index (χ1v) is 7.97. The lowest BCUT2D eigenvalue weighted by molar-refractivity contribution is -0.141. The van der Waals surface area contributed by atoms with Crippen LogP contribution in [-0.4, -0.2) is 64.9 Å². The Kier molecular flexibility index (Phi) is 5.92. The number of nitrogens with zero attached hydrogens (tertiary/aromatic N) is 2. The Bertz CT molecular complexity index is 605. The summed E-state index contributed by atoms with van der Waals surface area (Å²) in [6.07, 6.45) is 1.50. The molecule has 1 aromatic carbocycles. The molecular weight excluding hydrogens is 310 g/mol. The normalized spacial score (nSPS) is 18.2. The summed E-state index contributed by atoms with van der Waals surface area (Å²) in [5, 5.41) is 9.15. The smallest absolute Gasteiger partial charge is 0.326 e. The standard InChI is InChI=1S/C17H23N3O4/c1-19(17(24)20-9-5-8-14(20)16(22)23)11-15(21)13(18)10-12-6-3-2-4-7-12/h2-4,6-7,13-14H,5,8-11,18H2,1H3,(H,22,23)/t13-,14-/m0/s1. The van der Waals surface area contributed by atoms with E-state index >= 15 is 0 Å². The maximum atomic E-state index is 12.4. The predicted octanol–water partition coefficient (Wildman–Crippen LogP) is 0.726. The highest BCUT2D eigenvalue weighted by Crippen LogP contribution is 2.19. The van der Waals surface area contributed by atoms with Crippen LogP contribution in [-0.2, 0) is 16.0 Å². The number of carbonyl (C=O) groups excluding carboxylic acids is 2. The van der Waals surface area contributed by atoms with Crippen LogP contribution in [0.25, 0.3) is 0 Å². The molecule has 0 spiro atoms. The Labute approximate surface area is 141 Å². The molecule has 24 heavy (non-hydrogen) atoms. The van der Waals surface area contributed by atoms with E-state index in [9.17, 15) is 14.4 Å². The highest BCUT2D eigenvalue weighted by atomic mass is 16.4. The van der Waals surface area contributed by atoms with Crippen molar-refractivity contribution in [1.29, 1.82) is 0 Å². The van der Waals surface area contributed by atoms with Crippen LogP contribution >= 0.6 is 0 Å². The molecule has 2 rings (SSSR count). The van der Waals surface area contributed by atoms with Crippen LogP contribution in [0.15, 0.2) is 30.3 Å². The fourth-order valence-electron chi connectivity index (χ4n) is 2.87. The van der Waals surface area contributed by atoms with Crippen molar-refractivity contribution in [2.45, 2.75) is 31.3 Å². The lowest BCUT2D eigenvalue weighted by Crippen LogP contribution is -2.49. The number of carboxylic acids is 1. The minimum atomic E-state index is -1.01. The third-order valence-corrected chi connectivity index (χ3v) is 4.22. The van der Waals surface area contributed by atoms with Gasteiger partial charge in [-0.25, -0.2) is 9.59 Å². The number of nitrogens with two attached hydrogens (primary N) is 1. The Morgan fingerprint density at radius 3 is 2.62 bits per heavy atom. The van der Waals surface area contributed by atoms with E-state index in [4.69, 9.17) is 10.8 Å². The van der Waals surface area contributed by atoms with Crippen molar-refractivity contribution in [3.8, 4) is 0 Å². The first-order valence-electron chi connectivity index (χ1n) is 7.97. The molecule has 0 bridgehead atoms. The summed E-state index contributed by atoms with van der Waals surface area (Å²) in [6, 6.07) is 7.47. The van der Waals surface area contributed by atoms with Gasteiger partial charge in [0.2, 0.25) is 0 Å². The second-order valence-electron chi connectivity index (χ2n) is 6.09. The number of likely N-dealkylation sites (tertiary alicyclic amines) is 1. The van der Waals surface area contributed by atoms with E-state index in [0.29, 0.717) is 25.8 Å². The van der Waals surface area contributed by atoms with Gasteiger partial charge in [-0.3, -0.25) is 4.79 Å².